The van der Waals surface area contributed by atoms with Crippen molar-refractivity contribution in [3.05, 3.63) is 76.2 Å². The number of likely N-dealkylation sites (tertiary alicyclic amines) is 1. The van der Waals surface area contributed by atoms with Crippen LogP contribution in [0.1, 0.15) is 46.6 Å². The molecule has 0 bridgehead atoms. The molecule has 0 radical (unpaired) electrons. The first kappa shape index (κ1) is 23.5. The molecule has 1 atom stereocenters. The van der Waals surface area contributed by atoms with Gasteiger partial charge in [0.2, 0.25) is 17.5 Å². The van der Waals surface area contributed by atoms with E-state index in [2.05, 4.69) is 22.6 Å². The van der Waals surface area contributed by atoms with Crippen molar-refractivity contribution in [2.75, 3.05) is 18.8 Å². The van der Waals surface area contributed by atoms with Crippen molar-refractivity contribution in [1.82, 2.24) is 4.90 Å². The molecule has 2 aromatic rings. The van der Waals surface area contributed by atoms with Crippen molar-refractivity contribution in [2.24, 2.45) is 0 Å². The molecule has 4 nitrogen and oxygen atoms in total. The Balaban J connectivity index is 1.40. The fourth-order valence-electron chi connectivity index (χ4n) is 4.10. The predicted molar refractivity (Wildman–Crippen MR) is 138 cm³/mol. The summed E-state index contributed by atoms with van der Waals surface area (Å²) in [6.07, 6.45) is 1.63. The van der Waals surface area contributed by atoms with Crippen LogP contribution in [-0.4, -0.2) is 44.6 Å². The molecule has 1 amide bonds. The van der Waals surface area contributed by atoms with Gasteiger partial charge in [0.05, 0.1) is 4.91 Å². The second-order valence-electron chi connectivity index (χ2n) is 8.20. The van der Waals surface area contributed by atoms with E-state index in [4.69, 9.17) is 11.6 Å². The third kappa shape index (κ3) is 4.68. The Morgan fingerprint density at radius 2 is 1.62 bits per heavy atom. The minimum Gasteiger partial charge on any atom is -0.341 e. The van der Waals surface area contributed by atoms with Crippen molar-refractivity contribution in [1.29, 1.82) is 0 Å². The number of halogens is 2. The monoisotopic (exact) mass is 579 g/mol. The van der Waals surface area contributed by atoms with Gasteiger partial charge in [0.15, 0.2) is 0 Å². The summed E-state index contributed by atoms with van der Waals surface area (Å²) in [5, 5.41) is -0.675. The van der Waals surface area contributed by atoms with Gasteiger partial charge in [-0.05, 0) is 36.5 Å². The number of Topliss-reactive ketones (excluding diaryl/α,β-unsaturated/α-hetero) is 2. The molecular formula is C25H23ClINO3S. The molecule has 4 rings (SSSR count). The van der Waals surface area contributed by atoms with Crippen LogP contribution in [-0.2, 0) is 9.59 Å². The Kier molecular flexibility index (Phi) is 7.12. The summed E-state index contributed by atoms with van der Waals surface area (Å²) in [7, 11) is 0. The lowest BCUT2D eigenvalue weighted by Gasteiger charge is -2.38. The summed E-state index contributed by atoms with van der Waals surface area (Å²) in [6.45, 7) is 3.18. The minimum absolute atomic E-state index is 0.0542. The molecule has 2 aliphatic rings. The van der Waals surface area contributed by atoms with Crippen LogP contribution in [0.25, 0.3) is 5.57 Å². The van der Waals surface area contributed by atoms with E-state index < -0.39 is 16.9 Å². The minimum atomic E-state index is -0.675. The van der Waals surface area contributed by atoms with E-state index in [1.54, 1.807) is 12.1 Å². The Morgan fingerprint density at radius 1 is 1.03 bits per heavy atom. The number of benzene rings is 2. The van der Waals surface area contributed by atoms with Gasteiger partial charge in [-0.15, -0.1) is 23.4 Å². The zero-order valence-corrected chi connectivity index (χ0v) is 21.4. The van der Waals surface area contributed by atoms with Crippen molar-refractivity contribution in [3.8, 4) is 0 Å². The number of hydrogen-bond donors (Lipinski definition) is 0. The third-order valence-electron chi connectivity index (χ3n) is 6.08. The maximum atomic E-state index is 12.9. The van der Waals surface area contributed by atoms with Crippen LogP contribution in [0.4, 0.5) is 0 Å². The van der Waals surface area contributed by atoms with Crippen LogP contribution in [0.5, 0.6) is 0 Å². The highest BCUT2D eigenvalue weighted by molar-refractivity contribution is 14.1. The normalized spacial score (nSPS) is 19.0. The number of piperidine rings is 1. The molecule has 0 aromatic heterocycles. The summed E-state index contributed by atoms with van der Waals surface area (Å²) in [6, 6.07) is 16.7. The molecule has 0 spiro atoms. The van der Waals surface area contributed by atoms with Crippen LogP contribution in [0.15, 0.2) is 59.5 Å². The van der Waals surface area contributed by atoms with E-state index in [0.717, 1.165) is 29.5 Å². The number of ketones is 2. The highest BCUT2D eigenvalue weighted by Crippen LogP contribution is 2.41. The lowest BCUT2D eigenvalue weighted by atomic mass is 9.90. The SMILES string of the molecule is CC1=C(SCC2(I)CCN(C(=O)C(Cl)c3ccccc3)CC2)C(=O)C(=O)c2ccccc21. The molecule has 1 aliphatic heterocycles. The quantitative estimate of drug-likeness (QED) is 0.259. The van der Waals surface area contributed by atoms with Crippen molar-refractivity contribution < 1.29 is 14.4 Å². The largest absolute Gasteiger partial charge is 0.341 e. The van der Waals surface area contributed by atoms with Crippen molar-refractivity contribution >= 4 is 69.0 Å². The highest BCUT2D eigenvalue weighted by atomic mass is 127. The summed E-state index contributed by atoms with van der Waals surface area (Å²) in [5.41, 5.74) is 3.01. The number of nitrogens with zero attached hydrogens (tertiary/aromatic N) is 1. The fourth-order valence-corrected chi connectivity index (χ4v) is 6.57. The molecule has 1 heterocycles. The lowest BCUT2D eigenvalue weighted by molar-refractivity contribution is -0.131. The summed E-state index contributed by atoms with van der Waals surface area (Å²) < 4.78 is -0.0542. The average molecular weight is 580 g/mol. The average Bonchev–Trinajstić information content (AvgIpc) is 2.82. The number of fused-ring (bicyclic) bond motifs is 1. The fraction of sp³-hybridized carbons (Fsp3) is 0.320. The van der Waals surface area contributed by atoms with Gasteiger partial charge in [-0.2, -0.15) is 0 Å². The number of rotatable bonds is 5. The first-order valence-electron chi connectivity index (χ1n) is 10.5. The van der Waals surface area contributed by atoms with Gasteiger partial charge in [0.1, 0.15) is 5.38 Å². The second-order valence-corrected chi connectivity index (χ2v) is 11.9. The van der Waals surface area contributed by atoms with E-state index in [1.165, 1.54) is 11.8 Å². The van der Waals surface area contributed by atoms with E-state index in [9.17, 15) is 14.4 Å². The van der Waals surface area contributed by atoms with Crippen LogP contribution >= 0.6 is 46.0 Å². The molecule has 1 saturated heterocycles. The van der Waals surface area contributed by atoms with Gasteiger partial charge in [-0.1, -0.05) is 77.2 Å². The zero-order valence-electron chi connectivity index (χ0n) is 17.6. The van der Waals surface area contributed by atoms with E-state index in [1.807, 2.05) is 54.3 Å². The van der Waals surface area contributed by atoms with Gasteiger partial charge in [0.25, 0.3) is 0 Å². The van der Waals surface area contributed by atoms with Crippen LogP contribution in [0.3, 0.4) is 0 Å². The number of carbonyl (C=O) groups excluding carboxylic acids is 3. The topological polar surface area (TPSA) is 54.5 Å². The number of carbonyl (C=O) groups is 3. The molecule has 1 unspecified atom stereocenters. The molecule has 1 aliphatic carbocycles. The number of amides is 1. The van der Waals surface area contributed by atoms with Crippen molar-refractivity contribution in [3.63, 3.8) is 0 Å². The van der Waals surface area contributed by atoms with E-state index in [0.29, 0.717) is 29.3 Å². The van der Waals surface area contributed by atoms with Crippen LogP contribution in [0, 0.1) is 0 Å². The highest BCUT2D eigenvalue weighted by Gasteiger charge is 2.37. The molecule has 1 fully saturated rings. The second kappa shape index (κ2) is 9.69. The van der Waals surface area contributed by atoms with Gasteiger partial charge >= 0.3 is 0 Å². The number of alkyl halides is 2. The lowest BCUT2D eigenvalue weighted by Crippen LogP contribution is -2.46. The van der Waals surface area contributed by atoms with Crippen LogP contribution in [0.2, 0.25) is 0 Å². The standard InChI is InChI=1S/C25H23ClINO3S/c1-16-18-9-5-6-10-19(18)21(29)22(30)23(16)32-15-25(27)11-13-28(14-12-25)24(31)20(26)17-7-3-2-4-8-17/h2-10,20H,11-15H2,1H3. The maximum Gasteiger partial charge on any atom is 0.245 e. The number of allylic oxidation sites excluding steroid dienone is 2. The van der Waals surface area contributed by atoms with Gasteiger partial charge in [0, 0.05) is 27.8 Å². The molecule has 0 saturated carbocycles. The van der Waals surface area contributed by atoms with Gasteiger partial charge < -0.3 is 4.90 Å². The summed E-state index contributed by atoms with van der Waals surface area (Å²) >= 11 is 10.4. The molecule has 166 valence electrons. The van der Waals surface area contributed by atoms with Gasteiger partial charge in [-0.3, -0.25) is 14.4 Å². The molecule has 32 heavy (non-hydrogen) atoms. The molecule has 0 N–H and O–H groups in total. The summed E-state index contributed by atoms with van der Waals surface area (Å²) in [4.78, 5) is 40.5. The third-order valence-corrected chi connectivity index (χ3v) is 9.98. The van der Waals surface area contributed by atoms with E-state index >= 15 is 0 Å². The number of thioether (sulfide) groups is 1. The van der Waals surface area contributed by atoms with Gasteiger partial charge in [-0.25, -0.2) is 0 Å². The molecule has 7 heteroatoms. The zero-order chi connectivity index (χ0) is 22.9. The first-order valence-corrected chi connectivity index (χ1v) is 13.0. The van der Waals surface area contributed by atoms with E-state index in [-0.39, 0.29) is 9.33 Å². The smallest absolute Gasteiger partial charge is 0.245 e. The Labute approximate surface area is 210 Å². The maximum absolute atomic E-state index is 12.9. The number of hydrogen-bond acceptors (Lipinski definition) is 4. The summed E-state index contributed by atoms with van der Waals surface area (Å²) in [5.74, 6) is -0.184. The Morgan fingerprint density at radius 3 is 2.28 bits per heavy atom. The predicted octanol–water partition coefficient (Wildman–Crippen LogP) is 5.69. The Hall–Kier alpha value is -1.64. The van der Waals surface area contributed by atoms with Crippen molar-refractivity contribution in [2.45, 2.75) is 28.6 Å². The Bertz CT molecular complexity index is 1090. The first-order chi connectivity index (χ1) is 15.3. The molecular weight excluding hydrogens is 557 g/mol. The molecule has 2 aromatic carbocycles. The van der Waals surface area contributed by atoms with Crippen LogP contribution < -0.4 is 0 Å².